The zero-order valence-electron chi connectivity index (χ0n) is 10.4. The lowest BCUT2D eigenvalue weighted by molar-refractivity contribution is -0.146. The average molecular weight is 247 g/mol. The summed E-state index contributed by atoms with van der Waals surface area (Å²) >= 11 is 0. The second-order valence-corrected chi connectivity index (χ2v) is 4.54. The van der Waals surface area contributed by atoms with Crippen molar-refractivity contribution < 1.29 is 14.7 Å². The maximum Gasteiger partial charge on any atom is 0.326 e. The Morgan fingerprint density at radius 2 is 2.06 bits per heavy atom. The second-order valence-electron chi connectivity index (χ2n) is 4.54. The topological polar surface area (TPSA) is 57.6 Å². The number of hydrogen-bond acceptors (Lipinski definition) is 2. The van der Waals surface area contributed by atoms with Gasteiger partial charge in [-0.25, -0.2) is 4.79 Å². The van der Waals surface area contributed by atoms with Crippen LogP contribution in [0.15, 0.2) is 24.3 Å². The molecule has 0 aliphatic carbocycles. The van der Waals surface area contributed by atoms with E-state index >= 15 is 0 Å². The first kappa shape index (κ1) is 12.6. The van der Waals surface area contributed by atoms with Gasteiger partial charge in [-0.15, -0.1) is 0 Å². The van der Waals surface area contributed by atoms with Gasteiger partial charge in [-0.1, -0.05) is 31.2 Å². The van der Waals surface area contributed by atoms with Crippen molar-refractivity contribution in [1.82, 2.24) is 4.90 Å². The Labute approximate surface area is 106 Å². The molecule has 1 unspecified atom stereocenters. The van der Waals surface area contributed by atoms with Gasteiger partial charge in [-0.3, -0.25) is 4.79 Å². The van der Waals surface area contributed by atoms with E-state index in [1.54, 1.807) is 0 Å². The van der Waals surface area contributed by atoms with Crippen molar-refractivity contribution in [3.8, 4) is 0 Å². The molecule has 0 spiro atoms. The third-order valence-electron chi connectivity index (χ3n) is 3.45. The Balaban J connectivity index is 2.21. The molecule has 1 aromatic rings. The van der Waals surface area contributed by atoms with E-state index < -0.39 is 12.0 Å². The van der Waals surface area contributed by atoms with Gasteiger partial charge < -0.3 is 10.0 Å². The minimum Gasteiger partial charge on any atom is -0.480 e. The molecular weight excluding hydrogens is 230 g/mol. The fourth-order valence-electron chi connectivity index (χ4n) is 2.43. The molecule has 1 N–H and O–H groups in total. The van der Waals surface area contributed by atoms with E-state index in [-0.39, 0.29) is 5.91 Å². The van der Waals surface area contributed by atoms with E-state index in [0.717, 1.165) is 12.0 Å². The Kier molecular flexibility index (Phi) is 3.65. The number of benzene rings is 1. The number of carbonyl (C=O) groups is 2. The maximum atomic E-state index is 11.8. The van der Waals surface area contributed by atoms with Crippen LogP contribution >= 0.6 is 0 Å². The van der Waals surface area contributed by atoms with Crippen molar-refractivity contribution in [2.75, 3.05) is 0 Å². The van der Waals surface area contributed by atoms with Crippen molar-refractivity contribution in [3.05, 3.63) is 35.4 Å². The zero-order chi connectivity index (χ0) is 13.1. The number of amides is 1. The maximum absolute atomic E-state index is 11.8. The third kappa shape index (κ3) is 2.37. The van der Waals surface area contributed by atoms with Crippen molar-refractivity contribution in [2.24, 2.45) is 0 Å². The first-order chi connectivity index (χ1) is 8.63. The minimum atomic E-state index is -0.908. The van der Waals surface area contributed by atoms with Gasteiger partial charge in [0.1, 0.15) is 6.04 Å². The van der Waals surface area contributed by atoms with Crippen LogP contribution in [0.5, 0.6) is 0 Å². The molecule has 0 saturated carbocycles. The SMILES string of the molecule is CCc1ccccc1CN1C(=O)CCC1C(=O)O. The van der Waals surface area contributed by atoms with Crippen LogP contribution in [0.25, 0.3) is 0 Å². The van der Waals surface area contributed by atoms with Crippen molar-refractivity contribution in [3.63, 3.8) is 0 Å². The second kappa shape index (κ2) is 5.21. The molecule has 0 aromatic heterocycles. The largest absolute Gasteiger partial charge is 0.480 e. The summed E-state index contributed by atoms with van der Waals surface area (Å²) in [6.07, 6.45) is 1.64. The Morgan fingerprint density at radius 1 is 1.39 bits per heavy atom. The van der Waals surface area contributed by atoms with Crippen LogP contribution in [-0.4, -0.2) is 27.9 Å². The van der Waals surface area contributed by atoms with Gasteiger partial charge in [0.25, 0.3) is 0 Å². The third-order valence-corrected chi connectivity index (χ3v) is 3.45. The molecule has 18 heavy (non-hydrogen) atoms. The Morgan fingerprint density at radius 3 is 2.67 bits per heavy atom. The molecule has 1 amide bonds. The van der Waals surface area contributed by atoms with Gasteiger partial charge in [0.2, 0.25) is 5.91 Å². The molecule has 1 atom stereocenters. The summed E-state index contributed by atoms with van der Waals surface area (Å²) < 4.78 is 0. The number of rotatable bonds is 4. The van der Waals surface area contributed by atoms with E-state index in [4.69, 9.17) is 5.11 Å². The summed E-state index contributed by atoms with van der Waals surface area (Å²) in [7, 11) is 0. The fourth-order valence-corrected chi connectivity index (χ4v) is 2.43. The molecule has 1 saturated heterocycles. The number of nitrogens with zero attached hydrogens (tertiary/aromatic N) is 1. The lowest BCUT2D eigenvalue weighted by Crippen LogP contribution is -2.38. The minimum absolute atomic E-state index is 0.0618. The highest BCUT2D eigenvalue weighted by molar-refractivity contribution is 5.87. The molecule has 2 rings (SSSR count). The number of aryl methyl sites for hydroxylation is 1. The van der Waals surface area contributed by atoms with E-state index in [2.05, 4.69) is 6.92 Å². The summed E-state index contributed by atoms with van der Waals surface area (Å²) in [6, 6.07) is 7.20. The molecule has 1 aliphatic rings. The van der Waals surface area contributed by atoms with E-state index in [1.165, 1.54) is 10.5 Å². The van der Waals surface area contributed by atoms with Crippen LogP contribution in [0.1, 0.15) is 30.9 Å². The zero-order valence-corrected chi connectivity index (χ0v) is 10.4. The summed E-state index contributed by atoms with van der Waals surface area (Å²) in [5.41, 5.74) is 2.21. The molecule has 4 heteroatoms. The van der Waals surface area contributed by atoms with Crippen LogP contribution in [0.3, 0.4) is 0 Å². The normalized spacial score (nSPS) is 19.3. The van der Waals surface area contributed by atoms with Crippen LogP contribution in [0.2, 0.25) is 0 Å². The Hall–Kier alpha value is -1.84. The highest BCUT2D eigenvalue weighted by Gasteiger charge is 2.35. The molecule has 1 aromatic carbocycles. The molecule has 1 aliphatic heterocycles. The fraction of sp³-hybridized carbons (Fsp3) is 0.429. The molecule has 96 valence electrons. The first-order valence-corrected chi connectivity index (χ1v) is 6.22. The van der Waals surface area contributed by atoms with Crippen molar-refractivity contribution in [2.45, 2.75) is 38.8 Å². The number of hydrogen-bond donors (Lipinski definition) is 1. The molecule has 0 radical (unpaired) electrons. The number of carbonyl (C=O) groups excluding carboxylic acids is 1. The summed E-state index contributed by atoms with van der Waals surface area (Å²) in [5.74, 6) is -0.969. The van der Waals surface area contributed by atoms with Crippen LogP contribution in [0.4, 0.5) is 0 Å². The quantitative estimate of drug-likeness (QED) is 0.883. The lowest BCUT2D eigenvalue weighted by Gasteiger charge is -2.22. The van der Waals surface area contributed by atoms with E-state index in [1.807, 2.05) is 24.3 Å². The Bertz CT molecular complexity index is 470. The first-order valence-electron chi connectivity index (χ1n) is 6.22. The number of aliphatic carboxylic acids is 1. The van der Waals surface area contributed by atoms with Gasteiger partial charge in [-0.2, -0.15) is 0 Å². The van der Waals surface area contributed by atoms with Crippen molar-refractivity contribution in [1.29, 1.82) is 0 Å². The van der Waals surface area contributed by atoms with Crippen LogP contribution in [-0.2, 0) is 22.6 Å². The van der Waals surface area contributed by atoms with Gasteiger partial charge in [0.05, 0.1) is 0 Å². The number of carboxylic acids is 1. The average Bonchev–Trinajstić information content (AvgIpc) is 2.72. The van der Waals surface area contributed by atoms with Crippen LogP contribution < -0.4 is 0 Å². The number of carboxylic acid groups (broad SMARTS) is 1. The van der Waals surface area contributed by atoms with Crippen molar-refractivity contribution >= 4 is 11.9 Å². The predicted molar refractivity (Wildman–Crippen MR) is 67.0 cm³/mol. The molecule has 0 bridgehead atoms. The van der Waals surface area contributed by atoms with Gasteiger partial charge in [0, 0.05) is 13.0 Å². The van der Waals surface area contributed by atoms with Gasteiger partial charge in [-0.05, 0) is 24.0 Å². The van der Waals surface area contributed by atoms with E-state index in [0.29, 0.717) is 19.4 Å². The van der Waals surface area contributed by atoms with Gasteiger partial charge in [0.15, 0.2) is 0 Å². The molecule has 1 heterocycles. The monoisotopic (exact) mass is 247 g/mol. The molecule has 1 fully saturated rings. The predicted octanol–water partition coefficient (Wildman–Crippen LogP) is 1.82. The smallest absolute Gasteiger partial charge is 0.326 e. The molecule has 4 nitrogen and oxygen atoms in total. The lowest BCUT2D eigenvalue weighted by atomic mass is 10.0. The van der Waals surface area contributed by atoms with Crippen LogP contribution in [0, 0.1) is 0 Å². The summed E-state index contributed by atoms with van der Waals surface area (Å²) in [4.78, 5) is 24.3. The standard InChI is InChI=1S/C14H17NO3/c1-2-10-5-3-4-6-11(10)9-15-12(14(17)18)7-8-13(15)16/h3-6,12H,2,7-9H2,1H3,(H,17,18). The molecular formula is C14H17NO3. The summed E-state index contributed by atoms with van der Waals surface area (Å²) in [6.45, 7) is 2.46. The van der Waals surface area contributed by atoms with Gasteiger partial charge >= 0.3 is 5.97 Å². The highest BCUT2D eigenvalue weighted by Crippen LogP contribution is 2.23. The summed E-state index contributed by atoms with van der Waals surface area (Å²) in [5, 5.41) is 9.11. The number of likely N-dealkylation sites (tertiary alicyclic amines) is 1. The van der Waals surface area contributed by atoms with E-state index in [9.17, 15) is 9.59 Å². The highest BCUT2D eigenvalue weighted by atomic mass is 16.4.